The molecule has 0 spiro atoms. The number of aromatic nitrogens is 1. The summed E-state index contributed by atoms with van der Waals surface area (Å²) < 4.78 is 9.03. The molecule has 0 saturated heterocycles. The van der Waals surface area contributed by atoms with Crippen LogP contribution in [0, 0.1) is 28.6 Å². The number of furan rings is 1. The highest BCUT2D eigenvalue weighted by Gasteiger charge is 2.37. The third kappa shape index (κ3) is 3.59. The van der Waals surface area contributed by atoms with Gasteiger partial charge in [0.1, 0.15) is 11.3 Å². The first-order valence-corrected chi connectivity index (χ1v) is 15.8. The van der Waals surface area contributed by atoms with Gasteiger partial charge >= 0.3 is 0 Å². The van der Waals surface area contributed by atoms with Crippen LogP contribution in [0.4, 0.5) is 0 Å². The van der Waals surface area contributed by atoms with Gasteiger partial charge in [0.15, 0.2) is 0 Å². The van der Waals surface area contributed by atoms with E-state index in [9.17, 15) is 10.5 Å². The molecule has 1 atom stereocenters. The van der Waals surface area contributed by atoms with E-state index in [4.69, 9.17) is 4.42 Å². The van der Waals surface area contributed by atoms with Gasteiger partial charge < -0.3 is 8.98 Å². The van der Waals surface area contributed by atoms with E-state index >= 15 is 0 Å². The molecule has 46 heavy (non-hydrogen) atoms. The van der Waals surface area contributed by atoms with Crippen LogP contribution in [0.3, 0.4) is 0 Å². The van der Waals surface area contributed by atoms with E-state index in [0.717, 1.165) is 60.9 Å². The molecule has 0 amide bonds. The number of fused-ring (bicyclic) bond motifs is 10. The molecule has 0 fully saturated rings. The molecule has 6 aromatic rings. The van der Waals surface area contributed by atoms with Crippen LogP contribution in [0.25, 0.3) is 55.7 Å². The molecule has 3 aliphatic rings. The van der Waals surface area contributed by atoms with Gasteiger partial charge in [-0.3, -0.25) is 0 Å². The molecular weight excluding hydrogens is 562 g/mol. The largest absolute Gasteiger partial charge is 0.459 e. The zero-order valence-electron chi connectivity index (χ0n) is 25.6. The zero-order chi connectivity index (χ0) is 31.2. The summed E-state index contributed by atoms with van der Waals surface area (Å²) in [6, 6.07) is 32.2. The summed E-state index contributed by atoms with van der Waals surface area (Å²) in [7, 11) is 0. The predicted octanol–water partition coefficient (Wildman–Crippen LogP) is 10.2. The molecule has 0 saturated carbocycles. The second-order valence-electron chi connectivity index (χ2n) is 13.0. The second kappa shape index (κ2) is 9.58. The van der Waals surface area contributed by atoms with Crippen LogP contribution >= 0.6 is 0 Å². The average molecular weight is 592 g/mol. The lowest BCUT2D eigenvalue weighted by Crippen LogP contribution is -2.14. The predicted molar refractivity (Wildman–Crippen MR) is 185 cm³/mol. The molecule has 3 aliphatic carbocycles. The minimum atomic E-state index is -0.236. The van der Waals surface area contributed by atoms with Crippen LogP contribution in [0.1, 0.15) is 48.3 Å². The van der Waals surface area contributed by atoms with E-state index in [0.29, 0.717) is 18.4 Å². The van der Waals surface area contributed by atoms with Crippen molar-refractivity contribution in [3.05, 3.63) is 142 Å². The monoisotopic (exact) mass is 591 g/mol. The average Bonchev–Trinajstić information content (AvgIpc) is 3.62. The van der Waals surface area contributed by atoms with Gasteiger partial charge in [-0.1, -0.05) is 86.7 Å². The lowest BCUT2D eigenvalue weighted by atomic mass is 9.82. The van der Waals surface area contributed by atoms with Gasteiger partial charge in [-0.2, -0.15) is 10.5 Å². The summed E-state index contributed by atoms with van der Waals surface area (Å²) in [5.41, 5.74) is 12.9. The molecule has 2 heterocycles. The van der Waals surface area contributed by atoms with Crippen molar-refractivity contribution in [1.29, 1.82) is 10.5 Å². The number of nitrogens with zero attached hydrogens (tertiary/aromatic N) is 3. The van der Waals surface area contributed by atoms with Crippen LogP contribution in [-0.2, 0) is 11.8 Å². The van der Waals surface area contributed by atoms with Crippen molar-refractivity contribution in [2.45, 2.75) is 32.1 Å². The Bertz CT molecular complexity index is 2530. The molecule has 218 valence electrons. The van der Waals surface area contributed by atoms with Crippen LogP contribution in [0.2, 0.25) is 0 Å². The van der Waals surface area contributed by atoms with Crippen LogP contribution < -0.4 is 0 Å². The number of allylic oxidation sites excluding steroid dienone is 7. The number of benzene rings is 4. The summed E-state index contributed by atoms with van der Waals surface area (Å²) in [5, 5.41) is 22.9. The lowest BCUT2D eigenvalue weighted by Gasteiger charge is -2.22. The fourth-order valence-corrected chi connectivity index (χ4v) is 7.93. The normalized spacial score (nSPS) is 17.8. The Morgan fingerprint density at radius 3 is 2.57 bits per heavy atom. The highest BCUT2D eigenvalue weighted by Crippen LogP contribution is 2.52. The molecule has 0 N–H and O–H groups in total. The standard InChI is InChI=1S/C42H29N3O/c1-42(2)34-11-5-3-10-31(34)40-35(42)18-17-30-33-22-27(8-7-13-39(33)46-41(30)40)28-16-14-26(24-44)21-38(28)45-36-12-6-4-9-29(36)32-20-25(23-43)15-19-37(32)45/h3-12,15-22,26H,13-14H2,1-2H3. The van der Waals surface area contributed by atoms with Gasteiger partial charge in [0.25, 0.3) is 0 Å². The Morgan fingerprint density at radius 2 is 1.70 bits per heavy atom. The molecule has 0 radical (unpaired) electrons. The molecule has 0 aliphatic heterocycles. The SMILES string of the molecule is CC1(C)c2ccccc2-c2c1ccc1c3c(oc21)CC=CC(C1=CCC(C#N)C=C1n1c2ccccc2c2cc(C#N)ccc21)=C3. The summed E-state index contributed by atoms with van der Waals surface area (Å²) >= 11 is 0. The summed E-state index contributed by atoms with van der Waals surface area (Å²) in [4.78, 5) is 0. The Balaban J connectivity index is 1.25. The van der Waals surface area contributed by atoms with E-state index in [2.05, 4.69) is 109 Å². The van der Waals surface area contributed by atoms with E-state index in [1.807, 2.05) is 30.3 Å². The third-order valence-electron chi connectivity index (χ3n) is 10.1. The van der Waals surface area contributed by atoms with Crippen molar-refractivity contribution in [2.24, 2.45) is 5.92 Å². The fraction of sp³-hybridized carbons (Fsp3) is 0.143. The molecule has 1 unspecified atom stereocenters. The van der Waals surface area contributed by atoms with Gasteiger partial charge in [-0.05, 0) is 65.1 Å². The molecular formula is C42H29N3O. The molecule has 9 rings (SSSR count). The van der Waals surface area contributed by atoms with Crippen molar-refractivity contribution in [1.82, 2.24) is 4.57 Å². The minimum Gasteiger partial charge on any atom is -0.459 e. The number of para-hydroxylation sites is 1. The zero-order valence-corrected chi connectivity index (χ0v) is 25.6. The fourth-order valence-electron chi connectivity index (χ4n) is 7.93. The molecule has 4 nitrogen and oxygen atoms in total. The third-order valence-corrected chi connectivity index (χ3v) is 10.1. The van der Waals surface area contributed by atoms with Gasteiger partial charge in [0.05, 0.1) is 40.4 Å². The molecule has 4 aromatic carbocycles. The quantitative estimate of drug-likeness (QED) is 0.201. The minimum absolute atomic E-state index is 0.0919. The highest BCUT2D eigenvalue weighted by atomic mass is 16.3. The second-order valence-corrected chi connectivity index (χ2v) is 13.0. The van der Waals surface area contributed by atoms with Gasteiger partial charge in [-0.25, -0.2) is 0 Å². The topological polar surface area (TPSA) is 65.7 Å². The summed E-state index contributed by atoms with van der Waals surface area (Å²) in [6.45, 7) is 4.59. The maximum absolute atomic E-state index is 10.0. The maximum Gasteiger partial charge on any atom is 0.143 e. The van der Waals surface area contributed by atoms with Crippen molar-refractivity contribution >= 4 is 44.5 Å². The van der Waals surface area contributed by atoms with E-state index in [1.54, 1.807) is 0 Å². The highest BCUT2D eigenvalue weighted by molar-refractivity contribution is 6.12. The number of nitriles is 2. The Hall–Kier alpha value is -5.84. The van der Waals surface area contributed by atoms with Crippen LogP contribution in [0.5, 0.6) is 0 Å². The van der Waals surface area contributed by atoms with Gasteiger partial charge in [0.2, 0.25) is 0 Å². The first-order valence-electron chi connectivity index (χ1n) is 15.8. The first-order chi connectivity index (χ1) is 22.5. The van der Waals surface area contributed by atoms with E-state index in [1.165, 1.54) is 22.3 Å². The summed E-state index contributed by atoms with van der Waals surface area (Å²) in [5.74, 6) is 0.731. The molecule has 0 bridgehead atoms. The van der Waals surface area contributed by atoms with Crippen LogP contribution in [0.15, 0.2) is 119 Å². The number of hydrogen-bond donors (Lipinski definition) is 0. The number of hydrogen-bond acceptors (Lipinski definition) is 3. The Morgan fingerprint density at radius 1 is 0.870 bits per heavy atom. The maximum atomic E-state index is 10.0. The molecule has 2 aromatic heterocycles. The smallest absolute Gasteiger partial charge is 0.143 e. The van der Waals surface area contributed by atoms with E-state index < -0.39 is 0 Å². The Kier molecular flexibility index (Phi) is 5.53. The van der Waals surface area contributed by atoms with Crippen molar-refractivity contribution in [3.8, 4) is 23.3 Å². The Labute approximate surface area is 267 Å². The summed E-state index contributed by atoms with van der Waals surface area (Å²) in [6.07, 6.45) is 12.3. The van der Waals surface area contributed by atoms with Crippen LogP contribution in [-0.4, -0.2) is 4.57 Å². The van der Waals surface area contributed by atoms with Crippen molar-refractivity contribution in [3.63, 3.8) is 0 Å². The van der Waals surface area contributed by atoms with Crippen molar-refractivity contribution in [2.75, 3.05) is 0 Å². The van der Waals surface area contributed by atoms with Gasteiger partial charge in [0, 0.05) is 44.7 Å². The first kappa shape index (κ1) is 26.6. The number of rotatable bonds is 2. The van der Waals surface area contributed by atoms with Gasteiger partial charge in [-0.15, -0.1) is 0 Å². The molecule has 4 heteroatoms. The van der Waals surface area contributed by atoms with Crippen molar-refractivity contribution < 1.29 is 4.42 Å². The lowest BCUT2D eigenvalue weighted by molar-refractivity contribution is 0.564. The van der Waals surface area contributed by atoms with E-state index in [-0.39, 0.29) is 11.3 Å².